The Bertz CT molecular complexity index is 1180. The largest absolute Gasteiger partial charge is 0.467 e. The van der Waals surface area contributed by atoms with E-state index in [1.54, 1.807) is 15.8 Å². The molecule has 8 nitrogen and oxygen atoms in total. The monoisotopic (exact) mass is 474 g/mol. The van der Waals surface area contributed by atoms with E-state index < -0.39 is 0 Å². The highest BCUT2D eigenvalue weighted by Crippen LogP contribution is 2.38. The van der Waals surface area contributed by atoms with Crippen LogP contribution in [0.1, 0.15) is 29.5 Å². The first kappa shape index (κ1) is 21.5. The van der Waals surface area contributed by atoms with Gasteiger partial charge in [0.2, 0.25) is 11.1 Å². The Morgan fingerprint density at radius 2 is 2.19 bits per heavy atom. The Hall–Kier alpha value is -2.69. The molecule has 0 spiro atoms. The van der Waals surface area contributed by atoms with Crippen LogP contribution >= 0.6 is 34.7 Å². The quantitative estimate of drug-likeness (QED) is 0.347. The molecule has 0 aliphatic heterocycles. The lowest BCUT2D eigenvalue weighted by Crippen LogP contribution is -2.24. The lowest BCUT2D eigenvalue weighted by Gasteiger charge is -2.22. The summed E-state index contributed by atoms with van der Waals surface area (Å²) >= 11 is 9.34. The van der Waals surface area contributed by atoms with Gasteiger partial charge in [-0.2, -0.15) is 0 Å². The van der Waals surface area contributed by atoms with E-state index >= 15 is 0 Å². The van der Waals surface area contributed by atoms with Gasteiger partial charge in [-0.15, -0.1) is 16.4 Å². The SMILES string of the molecule is CC(=O)N(c1nc(CSc2nnnn2Cc2ccco2)cs1)c1c(C)cc(C)cc1Cl. The third-order valence-corrected chi connectivity index (χ3v) is 6.56. The summed E-state index contributed by atoms with van der Waals surface area (Å²) in [5, 5.41) is 15.5. The summed E-state index contributed by atoms with van der Waals surface area (Å²) in [6.07, 6.45) is 1.62. The van der Waals surface area contributed by atoms with Crippen molar-refractivity contribution in [3.05, 3.63) is 63.5 Å². The molecule has 0 aliphatic carbocycles. The van der Waals surface area contributed by atoms with E-state index in [1.165, 1.54) is 30.0 Å². The summed E-state index contributed by atoms with van der Waals surface area (Å²) in [6, 6.07) is 7.55. The van der Waals surface area contributed by atoms with Gasteiger partial charge < -0.3 is 4.42 Å². The second-order valence-electron chi connectivity index (χ2n) is 6.88. The number of hydrogen-bond donors (Lipinski definition) is 0. The molecule has 3 aromatic heterocycles. The lowest BCUT2D eigenvalue weighted by atomic mass is 10.1. The molecule has 0 saturated heterocycles. The third kappa shape index (κ3) is 4.81. The summed E-state index contributed by atoms with van der Waals surface area (Å²) < 4.78 is 7.04. The molecule has 0 radical (unpaired) electrons. The molecule has 0 aliphatic rings. The number of rotatable bonds is 7. The van der Waals surface area contributed by atoms with E-state index in [2.05, 4.69) is 20.5 Å². The molecule has 0 bridgehead atoms. The lowest BCUT2D eigenvalue weighted by molar-refractivity contribution is -0.115. The topological polar surface area (TPSA) is 89.9 Å². The van der Waals surface area contributed by atoms with Gasteiger partial charge in [0.15, 0.2) is 5.13 Å². The zero-order chi connectivity index (χ0) is 22.0. The van der Waals surface area contributed by atoms with E-state index in [0.717, 1.165) is 22.6 Å². The molecule has 0 fully saturated rings. The number of carbonyl (C=O) groups excluding carboxylic acids is 1. The number of anilines is 2. The van der Waals surface area contributed by atoms with Crippen LogP contribution in [0.15, 0.2) is 45.5 Å². The highest BCUT2D eigenvalue weighted by atomic mass is 35.5. The zero-order valence-corrected chi connectivity index (χ0v) is 19.5. The number of furan rings is 1. The molecule has 160 valence electrons. The molecule has 1 aromatic carbocycles. The zero-order valence-electron chi connectivity index (χ0n) is 17.1. The van der Waals surface area contributed by atoms with Crippen LogP contribution in [0.5, 0.6) is 0 Å². The van der Waals surface area contributed by atoms with Crippen LogP contribution in [-0.4, -0.2) is 31.1 Å². The molecule has 1 amide bonds. The van der Waals surface area contributed by atoms with Gasteiger partial charge in [0, 0.05) is 18.1 Å². The Morgan fingerprint density at radius 3 is 2.90 bits per heavy atom. The maximum atomic E-state index is 12.5. The highest BCUT2D eigenvalue weighted by Gasteiger charge is 2.23. The highest BCUT2D eigenvalue weighted by molar-refractivity contribution is 7.98. The number of tetrazole rings is 1. The minimum Gasteiger partial charge on any atom is -0.467 e. The first-order valence-electron chi connectivity index (χ1n) is 9.35. The standard InChI is InChI=1S/C20H19ClN6O2S2/c1-12-7-13(2)18(17(21)8-12)27(14(3)28)19-22-15(10-30-19)11-31-20-23-24-25-26(20)9-16-5-4-6-29-16/h4-8,10H,9,11H2,1-3H3. The number of carbonyl (C=O) groups is 1. The number of aryl methyl sites for hydroxylation is 2. The van der Waals surface area contributed by atoms with Gasteiger partial charge in [0.25, 0.3) is 0 Å². The van der Waals surface area contributed by atoms with Crippen LogP contribution in [0.25, 0.3) is 0 Å². The number of nitrogens with zero attached hydrogens (tertiary/aromatic N) is 6. The van der Waals surface area contributed by atoms with Crippen molar-refractivity contribution in [3.8, 4) is 0 Å². The molecular weight excluding hydrogens is 456 g/mol. The maximum Gasteiger partial charge on any atom is 0.230 e. The smallest absolute Gasteiger partial charge is 0.230 e. The fourth-order valence-electron chi connectivity index (χ4n) is 3.13. The van der Waals surface area contributed by atoms with Crippen molar-refractivity contribution in [2.24, 2.45) is 0 Å². The fourth-order valence-corrected chi connectivity index (χ4v) is 5.29. The van der Waals surface area contributed by atoms with Gasteiger partial charge in [-0.05, 0) is 53.6 Å². The van der Waals surface area contributed by atoms with Crippen molar-refractivity contribution in [2.75, 3.05) is 4.90 Å². The molecule has 0 saturated carbocycles. The normalized spacial score (nSPS) is 11.1. The molecule has 4 aromatic rings. The second kappa shape index (κ2) is 9.21. The van der Waals surface area contributed by atoms with Crippen LogP contribution in [0.2, 0.25) is 5.02 Å². The van der Waals surface area contributed by atoms with Crippen LogP contribution in [-0.2, 0) is 17.1 Å². The van der Waals surface area contributed by atoms with Gasteiger partial charge in [-0.3, -0.25) is 9.69 Å². The van der Waals surface area contributed by atoms with Crippen molar-refractivity contribution in [2.45, 2.75) is 38.2 Å². The van der Waals surface area contributed by atoms with Crippen LogP contribution in [0.4, 0.5) is 10.8 Å². The van der Waals surface area contributed by atoms with Crippen molar-refractivity contribution in [1.29, 1.82) is 0 Å². The fraction of sp³-hybridized carbons (Fsp3) is 0.250. The second-order valence-corrected chi connectivity index (χ2v) is 9.06. The summed E-state index contributed by atoms with van der Waals surface area (Å²) in [7, 11) is 0. The molecule has 31 heavy (non-hydrogen) atoms. The van der Waals surface area contributed by atoms with E-state index in [-0.39, 0.29) is 5.91 Å². The number of thiazole rings is 1. The maximum absolute atomic E-state index is 12.5. The molecule has 3 heterocycles. The summed E-state index contributed by atoms with van der Waals surface area (Å²) in [5.41, 5.74) is 3.45. The van der Waals surface area contributed by atoms with Crippen LogP contribution in [0, 0.1) is 13.8 Å². The molecule has 11 heteroatoms. The Kier molecular flexibility index (Phi) is 6.40. The Balaban J connectivity index is 1.52. The van der Waals surface area contributed by atoms with Gasteiger partial charge >= 0.3 is 0 Å². The average molecular weight is 475 g/mol. The molecule has 0 unspecified atom stereocenters. The number of hydrogen-bond acceptors (Lipinski definition) is 8. The first-order chi connectivity index (χ1) is 14.9. The molecular formula is C20H19ClN6O2S2. The van der Waals surface area contributed by atoms with E-state index in [4.69, 9.17) is 16.0 Å². The van der Waals surface area contributed by atoms with Crippen molar-refractivity contribution < 1.29 is 9.21 Å². The van der Waals surface area contributed by atoms with Crippen molar-refractivity contribution >= 4 is 51.4 Å². The average Bonchev–Trinajstić information content (AvgIpc) is 3.45. The summed E-state index contributed by atoms with van der Waals surface area (Å²) in [4.78, 5) is 18.7. The van der Waals surface area contributed by atoms with Crippen LogP contribution < -0.4 is 4.90 Å². The van der Waals surface area contributed by atoms with Crippen molar-refractivity contribution in [3.63, 3.8) is 0 Å². The number of amides is 1. The Labute approximate surface area is 192 Å². The number of benzene rings is 1. The van der Waals surface area contributed by atoms with Gasteiger partial charge in [0.1, 0.15) is 12.3 Å². The molecule has 0 atom stereocenters. The first-order valence-corrected chi connectivity index (χ1v) is 11.6. The van der Waals surface area contributed by atoms with Gasteiger partial charge in [-0.1, -0.05) is 29.4 Å². The Morgan fingerprint density at radius 1 is 1.35 bits per heavy atom. The van der Waals surface area contributed by atoms with Crippen LogP contribution in [0.3, 0.4) is 0 Å². The number of halogens is 1. The predicted octanol–water partition coefficient (Wildman–Crippen LogP) is 5.02. The third-order valence-electron chi connectivity index (χ3n) is 4.40. The summed E-state index contributed by atoms with van der Waals surface area (Å²) in [6.45, 7) is 5.87. The van der Waals surface area contributed by atoms with E-state index in [1.807, 2.05) is 43.5 Å². The van der Waals surface area contributed by atoms with Gasteiger partial charge in [-0.25, -0.2) is 9.67 Å². The molecule has 4 rings (SSSR count). The summed E-state index contributed by atoms with van der Waals surface area (Å²) in [5.74, 6) is 1.18. The van der Waals surface area contributed by atoms with E-state index in [0.29, 0.717) is 33.3 Å². The number of thioether (sulfide) groups is 1. The predicted molar refractivity (Wildman–Crippen MR) is 121 cm³/mol. The molecule has 0 N–H and O–H groups in total. The van der Waals surface area contributed by atoms with E-state index in [9.17, 15) is 4.79 Å². The number of aromatic nitrogens is 5. The minimum atomic E-state index is -0.148. The van der Waals surface area contributed by atoms with Crippen molar-refractivity contribution in [1.82, 2.24) is 25.2 Å². The van der Waals surface area contributed by atoms with Gasteiger partial charge in [0.05, 0.1) is 22.7 Å². The minimum absolute atomic E-state index is 0.148.